The zero-order chi connectivity index (χ0) is 16.8. The van der Waals surface area contributed by atoms with E-state index in [2.05, 4.69) is 10.1 Å². The Bertz CT molecular complexity index is 602. The van der Waals surface area contributed by atoms with E-state index in [-0.39, 0.29) is 12.7 Å². The fourth-order valence-electron chi connectivity index (χ4n) is 2.27. The van der Waals surface area contributed by atoms with Crippen LogP contribution >= 0.6 is 11.6 Å². The lowest BCUT2D eigenvalue weighted by molar-refractivity contribution is -0.0140. The van der Waals surface area contributed by atoms with Crippen molar-refractivity contribution in [2.75, 3.05) is 20.2 Å². The number of aliphatic hydroxyl groups is 1. The third-order valence-corrected chi connectivity index (χ3v) is 3.87. The number of hydrogen-bond acceptors (Lipinski definition) is 5. The number of hydrogen-bond donors (Lipinski definition) is 1. The molecule has 0 aliphatic carbocycles. The van der Waals surface area contributed by atoms with Crippen molar-refractivity contribution in [2.45, 2.75) is 25.7 Å². The molecular formula is C16H23ClN4O2. The van der Waals surface area contributed by atoms with E-state index in [1.54, 1.807) is 4.68 Å². The fraction of sp³-hybridized carbons (Fsp3) is 0.500. The molecule has 0 amide bonds. The van der Waals surface area contributed by atoms with E-state index in [1.165, 1.54) is 6.33 Å². The molecule has 1 aromatic heterocycles. The number of likely N-dealkylation sites (N-methyl/N-ethyl adjacent to an activating group) is 1. The van der Waals surface area contributed by atoms with Crippen LogP contribution in [0.1, 0.15) is 24.4 Å². The van der Waals surface area contributed by atoms with Gasteiger partial charge < -0.3 is 9.84 Å². The number of aryl methyl sites for hydroxylation is 1. The molecule has 0 radical (unpaired) electrons. The molecule has 1 heterocycles. The highest BCUT2D eigenvalue weighted by atomic mass is 35.5. The normalized spacial score (nSPS) is 14.2. The molecule has 2 aromatic rings. The molecular weight excluding hydrogens is 316 g/mol. The Kier molecular flexibility index (Phi) is 6.53. The lowest BCUT2D eigenvalue weighted by Gasteiger charge is -2.21. The number of benzene rings is 1. The number of nitrogens with zero attached hydrogens (tertiary/aromatic N) is 4. The second-order valence-electron chi connectivity index (χ2n) is 5.68. The SMILES string of the molecule is CC(OCC(O)CN(C)Cc1ncnn1C)c1ccc(Cl)cc1. The molecule has 0 spiro atoms. The van der Waals surface area contributed by atoms with Crippen molar-refractivity contribution in [1.29, 1.82) is 0 Å². The summed E-state index contributed by atoms with van der Waals surface area (Å²) in [6, 6.07) is 7.53. The van der Waals surface area contributed by atoms with Crippen LogP contribution in [0.2, 0.25) is 5.02 Å². The van der Waals surface area contributed by atoms with Crippen LogP contribution in [0.15, 0.2) is 30.6 Å². The smallest absolute Gasteiger partial charge is 0.140 e. The highest BCUT2D eigenvalue weighted by Gasteiger charge is 2.13. The fourth-order valence-corrected chi connectivity index (χ4v) is 2.39. The van der Waals surface area contributed by atoms with Crippen LogP contribution in [-0.2, 0) is 18.3 Å². The lowest BCUT2D eigenvalue weighted by Crippen LogP contribution is -2.32. The number of halogens is 1. The molecule has 0 aliphatic heterocycles. The predicted molar refractivity (Wildman–Crippen MR) is 89.2 cm³/mol. The molecule has 126 valence electrons. The van der Waals surface area contributed by atoms with E-state index in [9.17, 15) is 5.11 Å². The first kappa shape index (κ1) is 17.9. The molecule has 2 atom stereocenters. The van der Waals surface area contributed by atoms with Crippen LogP contribution < -0.4 is 0 Å². The van der Waals surface area contributed by atoms with Crippen molar-refractivity contribution in [2.24, 2.45) is 7.05 Å². The Balaban J connectivity index is 1.74. The molecule has 2 rings (SSSR count). The van der Waals surface area contributed by atoms with Crippen molar-refractivity contribution in [3.05, 3.63) is 47.0 Å². The van der Waals surface area contributed by atoms with Gasteiger partial charge in [0.2, 0.25) is 0 Å². The van der Waals surface area contributed by atoms with Gasteiger partial charge in [-0.3, -0.25) is 9.58 Å². The van der Waals surface area contributed by atoms with Crippen molar-refractivity contribution in [3.8, 4) is 0 Å². The number of aliphatic hydroxyl groups excluding tert-OH is 1. The molecule has 0 fully saturated rings. The van der Waals surface area contributed by atoms with Crippen LogP contribution in [0.25, 0.3) is 0 Å². The molecule has 0 bridgehead atoms. The third-order valence-electron chi connectivity index (χ3n) is 3.62. The highest BCUT2D eigenvalue weighted by molar-refractivity contribution is 6.30. The summed E-state index contributed by atoms with van der Waals surface area (Å²) in [5, 5.41) is 14.9. The number of aromatic nitrogens is 3. The van der Waals surface area contributed by atoms with Crippen molar-refractivity contribution >= 4 is 11.6 Å². The van der Waals surface area contributed by atoms with Crippen LogP contribution in [-0.4, -0.2) is 51.1 Å². The highest BCUT2D eigenvalue weighted by Crippen LogP contribution is 2.19. The van der Waals surface area contributed by atoms with E-state index < -0.39 is 6.10 Å². The summed E-state index contributed by atoms with van der Waals surface area (Å²) in [5.41, 5.74) is 1.04. The Morgan fingerprint density at radius 2 is 2.04 bits per heavy atom. The van der Waals surface area contributed by atoms with Crippen molar-refractivity contribution in [1.82, 2.24) is 19.7 Å². The molecule has 6 nitrogen and oxygen atoms in total. The standard InChI is InChI=1S/C16H23ClN4O2/c1-12(13-4-6-14(17)7-5-13)23-10-15(22)8-20(2)9-16-18-11-19-21(16)3/h4-7,11-12,15,22H,8-10H2,1-3H3. The molecule has 0 saturated carbocycles. The molecule has 7 heteroatoms. The van der Waals surface area contributed by atoms with Crippen LogP contribution in [0.5, 0.6) is 0 Å². The Morgan fingerprint density at radius 1 is 1.35 bits per heavy atom. The number of rotatable bonds is 8. The predicted octanol–water partition coefficient (Wildman–Crippen LogP) is 2.04. The van der Waals surface area contributed by atoms with Crippen LogP contribution in [0.3, 0.4) is 0 Å². The van der Waals surface area contributed by atoms with Gasteiger partial charge in [0.15, 0.2) is 0 Å². The van der Waals surface area contributed by atoms with Gasteiger partial charge in [-0.1, -0.05) is 23.7 Å². The zero-order valence-electron chi connectivity index (χ0n) is 13.7. The second-order valence-corrected chi connectivity index (χ2v) is 6.11. The van der Waals surface area contributed by atoms with Crippen LogP contribution in [0.4, 0.5) is 0 Å². The summed E-state index contributed by atoms with van der Waals surface area (Å²) in [5.74, 6) is 0.857. The minimum absolute atomic E-state index is 0.0917. The Labute approximate surface area is 141 Å². The zero-order valence-corrected chi connectivity index (χ0v) is 14.4. The average Bonchev–Trinajstić information content (AvgIpc) is 2.90. The van der Waals surface area contributed by atoms with E-state index >= 15 is 0 Å². The van der Waals surface area contributed by atoms with Gasteiger partial charge >= 0.3 is 0 Å². The van der Waals surface area contributed by atoms with Gasteiger partial charge in [0, 0.05) is 18.6 Å². The van der Waals surface area contributed by atoms with Gasteiger partial charge in [0.25, 0.3) is 0 Å². The maximum atomic E-state index is 10.1. The van der Waals surface area contributed by atoms with Crippen molar-refractivity contribution < 1.29 is 9.84 Å². The van der Waals surface area contributed by atoms with E-state index in [4.69, 9.17) is 16.3 Å². The summed E-state index contributed by atoms with van der Waals surface area (Å²) < 4.78 is 7.46. The number of ether oxygens (including phenoxy) is 1. The Morgan fingerprint density at radius 3 is 2.65 bits per heavy atom. The first-order valence-corrected chi connectivity index (χ1v) is 7.90. The third kappa shape index (κ3) is 5.58. The van der Waals surface area contributed by atoms with Crippen LogP contribution in [0, 0.1) is 0 Å². The molecule has 1 N–H and O–H groups in total. The van der Waals surface area contributed by atoms with Gasteiger partial charge in [-0.25, -0.2) is 4.98 Å². The van der Waals surface area contributed by atoms with Gasteiger partial charge in [0.05, 0.1) is 25.4 Å². The minimum Gasteiger partial charge on any atom is -0.389 e. The summed E-state index contributed by atoms with van der Waals surface area (Å²) in [6.07, 6.45) is 0.866. The topological polar surface area (TPSA) is 63.4 Å². The largest absolute Gasteiger partial charge is 0.389 e. The summed E-state index contributed by atoms with van der Waals surface area (Å²) in [7, 11) is 3.78. The minimum atomic E-state index is -0.567. The summed E-state index contributed by atoms with van der Waals surface area (Å²) in [4.78, 5) is 6.16. The summed E-state index contributed by atoms with van der Waals surface area (Å²) in [6.45, 7) is 3.35. The average molecular weight is 339 g/mol. The summed E-state index contributed by atoms with van der Waals surface area (Å²) >= 11 is 5.87. The maximum absolute atomic E-state index is 10.1. The van der Waals surface area contributed by atoms with Gasteiger partial charge in [0.1, 0.15) is 12.2 Å². The first-order chi connectivity index (χ1) is 11.0. The molecule has 1 aromatic carbocycles. The van der Waals surface area contributed by atoms with Gasteiger partial charge in [-0.2, -0.15) is 5.10 Å². The Hall–Kier alpha value is -1.47. The lowest BCUT2D eigenvalue weighted by atomic mass is 10.1. The van der Waals surface area contributed by atoms with Gasteiger partial charge in [-0.15, -0.1) is 0 Å². The monoisotopic (exact) mass is 338 g/mol. The van der Waals surface area contributed by atoms with Crippen molar-refractivity contribution in [3.63, 3.8) is 0 Å². The molecule has 23 heavy (non-hydrogen) atoms. The molecule has 0 aliphatic rings. The van der Waals surface area contributed by atoms with E-state index in [0.29, 0.717) is 18.1 Å². The maximum Gasteiger partial charge on any atom is 0.140 e. The van der Waals surface area contributed by atoms with E-state index in [1.807, 2.05) is 50.2 Å². The molecule has 0 saturated heterocycles. The first-order valence-electron chi connectivity index (χ1n) is 7.52. The molecule has 2 unspecified atom stereocenters. The second kappa shape index (κ2) is 8.40. The quantitative estimate of drug-likeness (QED) is 0.798. The van der Waals surface area contributed by atoms with E-state index in [0.717, 1.165) is 11.4 Å². The van der Waals surface area contributed by atoms with Gasteiger partial charge in [-0.05, 0) is 31.7 Å².